The second-order valence-electron chi connectivity index (χ2n) is 12.3. The summed E-state index contributed by atoms with van der Waals surface area (Å²) in [6.45, 7) is 0. The van der Waals surface area contributed by atoms with Gasteiger partial charge in [0.2, 0.25) is 5.89 Å². The van der Waals surface area contributed by atoms with E-state index in [2.05, 4.69) is 42.5 Å². The van der Waals surface area contributed by atoms with Crippen LogP contribution < -0.4 is 0 Å². The zero-order chi connectivity index (χ0) is 33.0. The van der Waals surface area contributed by atoms with Crippen LogP contribution in [0.2, 0.25) is 0 Å². The van der Waals surface area contributed by atoms with Crippen molar-refractivity contribution in [3.8, 4) is 56.7 Å². The van der Waals surface area contributed by atoms with Gasteiger partial charge in [0, 0.05) is 38.4 Å². The van der Waals surface area contributed by atoms with Crippen LogP contribution in [0.15, 0.2) is 167 Å². The van der Waals surface area contributed by atoms with E-state index in [9.17, 15) is 0 Å². The molecule has 3 heterocycles. The number of furan rings is 1. The minimum Gasteiger partial charge on any atom is -0.456 e. The van der Waals surface area contributed by atoms with Crippen LogP contribution in [0.3, 0.4) is 0 Å². The minimum atomic E-state index is 0.602. The lowest BCUT2D eigenvalue weighted by Gasteiger charge is -2.09. The molecule has 0 saturated carbocycles. The molecule has 0 saturated heterocycles. The second-order valence-corrected chi connectivity index (χ2v) is 12.3. The first kappa shape index (κ1) is 28.1. The fourth-order valence-electron chi connectivity index (χ4n) is 6.72. The molecule has 0 amide bonds. The third-order valence-corrected chi connectivity index (χ3v) is 9.15. The van der Waals surface area contributed by atoms with Gasteiger partial charge in [-0.05, 0) is 59.0 Å². The van der Waals surface area contributed by atoms with Crippen LogP contribution in [0.5, 0.6) is 0 Å². The Hall–Kier alpha value is -6.92. The number of oxazole rings is 1. The lowest BCUT2D eigenvalue weighted by molar-refractivity contribution is 0.623. The van der Waals surface area contributed by atoms with Crippen LogP contribution in [0.1, 0.15) is 0 Å². The third kappa shape index (κ3) is 4.73. The second kappa shape index (κ2) is 11.4. The van der Waals surface area contributed by atoms with Crippen molar-refractivity contribution in [1.29, 1.82) is 0 Å². The van der Waals surface area contributed by atoms with E-state index in [4.69, 9.17) is 28.8 Å². The first-order valence-electron chi connectivity index (χ1n) is 16.5. The maximum Gasteiger partial charge on any atom is 0.227 e. The number of nitrogens with zero attached hydrogens (tertiary/aromatic N) is 4. The largest absolute Gasteiger partial charge is 0.456 e. The fraction of sp³-hybridized carbons (Fsp3) is 0. The highest BCUT2D eigenvalue weighted by Crippen LogP contribution is 2.41. The smallest absolute Gasteiger partial charge is 0.227 e. The number of hydrogen-bond acceptors (Lipinski definition) is 6. The van der Waals surface area contributed by atoms with E-state index in [1.807, 2.05) is 115 Å². The molecule has 234 valence electrons. The summed E-state index contributed by atoms with van der Waals surface area (Å²) < 4.78 is 13.0. The van der Waals surface area contributed by atoms with E-state index in [0.717, 1.165) is 77.2 Å². The number of benzene rings is 7. The van der Waals surface area contributed by atoms with Crippen molar-refractivity contribution in [3.63, 3.8) is 0 Å². The Labute approximate surface area is 286 Å². The van der Waals surface area contributed by atoms with Gasteiger partial charge < -0.3 is 8.83 Å². The molecule has 0 bridgehead atoms. The zero-order valence-electron chi connectivity index (χ0n) is 26.6. The number of fused-ring (bicyclic) bond motifs is 7. The van der Waals surface area contributed by atoms with E-state index >= 15 is 0 Å². The predicted octanol–water partition coefficient (Wildman–Crippen LogP) is 11.4. The number of rotatable bonds is 5. The molecule has 6 nitrogen and oxygen atoms in total. The van der Waals surface area contributed by atoms with Gasteiger partial charge in [0.25, 0.3) is 0 Å². The molecule has 50 heavy (non-hydrogen) atoms. The van der Waals surface area contributed by atoms with Gasteiger partial charge in [-0.3, -0.25) is 0 Å². The first-order chi connectivity index (χ1) is 24.7. The molecule has 0 atom stereocenters. The highest BCUT2D eigenvalue weighted by Gasteiger charge is 2.18. The van der Waals surface area contributed by atoms with Crippen LogP contribution in [0.4, 0.5) is 0 Å². The molecule has 3 aromatic heterocycles. The zero-order valence-corrected chi connectivity index (χ0v) is 26.6. The molecule has 6 heteroatoms. The molecule has 0 aliphatic heterocycles. The standard InChI is InChI=1S/C44H26N4O2/c1-4-11-28(12-5-1)41-46-42(29-13-6-2-7-14-29)48-43(47-41)33-18-10-17-31(25-33)32-19-22-34-37(26-32)49-36-24-21-27-20-23-35-40(38(27)39(34)36)50-44(45-35)30-15-8-3-9-16-30/h1-26H. The Morgan fingerprint density at radius 1 is 0.360 bits per heavy atom. The maximum atomic E-state index is 6.51. The van der Waals surface area contributed by atoms with Gasteiger partial charge in [0.05, 0.1) is 0 Å². The highest BCUT2D eigenvalue weighted by molar-refractivity contribution is 6.25. The van der Waals surface area contributed by atoms with Crippen LogP contribution in [0, 0.1) is 0 Å². The summed E-state index contributed by atoms with van der Waals surface area (Å²) in [5, 5.41) is 4.11. The van der Waals surface area contributed by atoms with Crippen LogP contribution in [-0.2, 0) is 0 Å². The van der Waals surface area contributed by atoms with Crippen LogP contribution >= 0.6 is 0 Å². The Morgan fingerprint density at radius 3 is 1.64 bits per heavy atom. The van der Waals surface area contributed by atoms with E-state index in [1.54, 1.807) is 0 Å². The summed E-state index contributed by atoms with van der Waals surface area (Å²) in [4.78, 5) is 19.5. The van der Waals surface area contributed by atoms with Crippen LogP contribution in [-0.4, -0.2) is 19.9 Å². The van der Waals surface area contributed by atoms with E-state index in [1.165, 1.54) is 0 Å². The van der Waals surface area contributed by atoms with Gasteiger partial charge in [0.1, 0.15) is 16.7 Å². The van der Waals surface area contributed by atoms with Gasteiger partial charge in [-0.1, -0.05) is 115 Å². The van der Waals surface area contributed by atoms with Gasteiger partial charge in [-0.2, -0.15) is 0 Å². The molecule has 0 fully saturated rings. The predicted molar refractivity (Wildman–Crippen MR) is 199 cm³/mol. The Morgan fingerprint density at radius 2 is 0.940 bits per heavy atom. The molecule has 0 radical (unpaired) electrons. The molecule has 0 aliphatic rings. The van der Waals surface area contributed by atoms with Crippen molar-refractivity contribution >= 4 is 43.8 Å². The van der Waals surface area contributed by atoms with Crippen molar-refractivity contribution in [3.05, 3.63) is 158 Å². The van der Waals surface area contributed by atoms with Gasteiger partial charge >= 0.3 is 0 Å². The molecule has 10 aromatic rings. The molecule has 0 N–H and O–H groups in total. The quantitative estimate of drug-likeness (QED) is 0.186. The lowest BCUT2D eigenvalue weighted by Crippen LogP contribution is -2.00. The summed E-state index contributed by atoms with van der Waals surface area (Å²) in [5.41, 5.74) is 8.95. The molecule has 0 aliphatic carbocycles. The molecule has 0 unspecified atom stereocenters. The monoisotopic (exact) mass is 642 g/mol. The Balaban J connectivity index is 1.09. The first-order valence-corrected chi connectivity index (χ1v) is 16.5. The topological polar surface area (TPSA) is 77.8 Å². The molecular weight excluding hydrogens is 617 g/mol. The van der Waals surface area contributed by atoms with Crippen molar-refractivity contribution in [1.82, 2.24) is 19.9 Å². The Kier molecular flexibility index (Phi) is 6.39. The van der Waals surface area contributed by atoms with Crippen molar-refractivity contribution in [2.24, 2.45) is 0 Å². The lowest BCUT2D eigenvalue weighted by atomic mass is 9.99. The van der Waals surface area contributed by atoms with Gasteiger partial charge in [-0.25, -0.2) is 19.9 Å². The summed E-state index contributed by atoms with van der Waals surface area (Å²) in [5.74, 6) is 2.48. The summed E-state index contributed by atoms with van der Waals surface area (Å²) in [7, 11) is 0. The summed E-state index contributed by atoms with van der Waals surface area (Å²) >= 11 is 0. The van der Waals surface area contributed by atoms with Gasteiger partial charge in [0.15, 0.2) is 23.1 Å². The summed E-state index contributed by atoms with van der Waals surface area (Å²) in [6, 6.07) is 53.0. The average molecular weight is 643 g/mol. The number of aromatic nitrogens is 4. The molecule has 0 spiro atoms. The van der Waals surface area contributed by atoms with E-state index in [0.29, 0.717) is 23.4 Å². The fourth-order valence-corrected chi connectivity index (χ4v) is 6.72. The SMILES string of the molecule is c1ccc(-c2nc(-c3ccccc3)nc(-c3cccc(-c4ccc5c(c4)oc4ccc6ccc7nc(-c8ccccc8)oc7c6c45)c3)n2)cc1. The van der Waals surface area contributed by atoms with Gasteiger partial charge in [-0.15, -0.1) is 0 Å². The van der Waals surface area contributed by atoms with Crippen molar-refractivity contribution in [2.45, 2.75) is 0 Å². The minimum absolute atomic E-state index is 0.602. The van der Waals surface area contributed by atoms with Crippen LogP contribution in [0.25, 0.3) is 101 Å². The summed E-state index contributed by atoms with van der Waals surface area (Å²) in [6.07, 6.45) is 0. The molecule has 7 aromatic carbocycles. The molecule has 10 rings (SSSR count). The van der Waals surface area contributed by atoms with E-state index < -0.39 is 0 Å². The maximum absolute atomic E-state index is 6.51. The highest BCUT2D eigenvalue weighted by atomic mass is 16.3. The number of hydrogen-bond donors (Lipinski definition) is 0. The molecular formula is C44H26N4O2. The third-order valence-electron chi connectivity index (χ3n) is 9.15. The van der Waals surface area contributed by atoms with E-state index in [-0.39, 0.29) is 0 Å². The normalized spacial score (nSPS) is 11.6. The average Bonchev–Trinajstić information content (AvgIpc) is 3.81. The van der Waals surface area contributed by atoms with Crippen molar-refractivity contribution < 1.29 is 8.83 Å². The Bertz CT molecular complexity index is 2800. The van der Waals surface area contributed by atoms with Crippen molar-refractivity contribution in [2.75, 3.05) is 0 Å².